The number of nitrogens with zero attached hydrogens (tertiary/aromatic N) is 2. The van der Waals surface area contributed by atoms with Crippen LogP contribution < -0.4 is 10.5 Å². The van der Waals surface area contributed by atoms with Crippen LogP contribution in [0.1, 0.15) is 10.4 Å². The van der Waals surface area contributed by atoms with Gasteiger partial charge in [0, 0.05) is 10.4 Å². The largest absolute Gasteiger partial charge is 0.350 e. The molecule has 0 spiro atoms. The Morgan fingerprint density at radius 1 is 1.30 bits per heavy atom. The second-order valence-corrected chi connectivity index (χ2v) is 9.19. The van der Waals surface area contributed by atoms with E-state index < -0.39 is 10.0 Å². The molecule has 3 rings (SSSR count). The quantitative estimate of drug-likeness (QED) is 0.523. The molecule has 11 heteroatoms. The van der Waals surface area contributed by atoms with E-state index in [9.17, 15) is 13.2 Å². The monoisotopic (exact) mass is 423 g/mol. The first-order valence-electron chi connectivity index (χ1n) is 7.84. The molecule has 0 bridgehead atoms. The van der Waals surface area contributed by atoms with E-state index >= 15 is 0 Å². The number of primary sulfonamides is 1. The second-order valence-electron chi connectivity index (χ2n) is 5.85. The van der Waals surface area contributed by atoms with Gasteiger partial charge in [0.1, 0.15) is 10.8 Å². The molecule has 27 heavy (non-hydrogen) atoms. The highest BCUT2D eigenvalue weighted by Gasteiger charge is 2.14. The molecule has 2 heterocycles. The van der Waals surface area contributed by atoms with E-state index in [1.54, 1.807) is 10.6 Å². The molecular weight excluding hydrogens is 406 g/mol. The van der Waals surface area contributed by atoms with Crippen molar-refractivity contribution in [3.8, 4) is 11.4 Å². The average Bonchev–Trinajstić information content (AvgIpc) is 3.22. The normalized spacial score (nSPS) is 11.5. The van der Waals surface area contributed by atoms with E-state index in [1.807, 2.05) is 31.2 Å². The summed E-state index contributed by atoms with van der Waals surface area (Å²) in [5, 5.41) is 14.7. The van der Waals surface area contributed by atoms with Crippen LogP contribution in [0.5, 0.6) is 0 Å². The Bertz CT molecular complexity index is 1130. The standard InChI is InChI=1S/C16H17N5O3S3/c1-10-2-4-11(5-3-10)15-19-20-16(25)21(15)9-13(22)18-8-12-6-7-14(26-12)27(17,23)24/h2-7H,8-9H2,1H3,(H,18,22)(H,20,25)(H2,17,23,24). The first kappa shape index (κ1) is 19.4. The van der Waals surface area contributed by atoms with E-state index in [0.717, 1.165) is 22.5 Å². The number of carbonyl (C=O) groups is 1. The number of nitrogens with one attached hydrogen (secondary N) is 2. The Labute approximate surface area is 165 Å². The van der Waals surface area contributed by atoms with Crippen molar-refractivity contribution in [2.75, 3.05) is 0 Å². The third-order valence-corrected chi connectivity index (χ3v) is 6.58. The number of hydrogen-bond acceptors (Lipinski definition) is 6. The molecule has 0 radical (unpaired) electrons. The fourth-order valence-electron chi connectivity index (χ4n) is 2.38. The fourth-order valence-corrected chi connectivity index (χ4v) is 4.29. The summed E-state index contributed by atoms with van der Waals surface area (Å²) in [4.78, 5) is 13.0. The first-order chi connectivity index (χ1) is 12.7. The number of carbonyl (C=O) groups excluding carboxylic acids is 1. The molecule has 0 saturated carbocycles. The SMILES string of the molecule is Cc1ccc(-c2n[nH]c(=S)n2CC(=O)NCc2ccc(S(N)(=O)=O)s2)cc1. The lowest BCUT2D eigenvalue weighted by molar-refractivity contribution is -0.121. The highest BCUT2D eigenvalue weighted by atomic mass is 32.2. The zero-order valence-electron chi connectivity index (χ0n) is 14.3. The predicted octanol–water partition coefficient (Wildman–Crippen LogP) is 1.94. The molecule has 0 aliphatic rings. The Morgan fingerprint density at radius 2 is 2.00 bits per heavy atom. The lowest BCUT2D eigenvalue weighted by atomic mass is 10.1. The van der Waals surface area contributed by atoms with Crippen molar-refractivity contribution in [2.45, 2.75) is 24.2 Å². The summed E-state index contributed by atoms with van der Waals surface area (Å²) >= 11 is 6.25. The van der Waals surface area contributed by atoms with E-state index in [1.165, 1.54) is 6.07 Å². The minimum Gasteiger partial charge on any atom is -0.350 e. The number of aromatic amines is 1. The third-order valence-electron chi connectivity index (χ3n) is 3.75. The topological polar surface area (TPSA) is 123 Å². The van der Waals surface area contributed by atoms with Gasteiger partial charge in [-0.3, -0.25) is 14.5 Å². The van der Waals surface area contributed by atoms with Crippen LogP contribution in [0.25, 0.3) is 11.4 Å². The Kier molecular flexibility index (Phi) is 5.56. The number of thiophene rings is 1. The maximum atomic E-state index is 12.3. The van der Waals surface area contributed by atoms with Gasteiger partial charge in [-0.15, -0.1) is 11.3 Å². The van der Waals surface area contributed by atoms with Crippen molar-refractivity contribution in [3.05, 3.63) is 51.6 Å². The fraction of sp³-hybridized carbons (Fsp3) is 0.188. The zero-order valence-corrected chi connectivity index (χ0v) is 16.7. The van der Waals surface area contributed by atoms with E-state index in [2.05, 4.69) is 15.5 Å². The van der Waals surface area contributed by atoms with E-state index in [0.29, 0.717) is 15.5 Å². The van der Waals surface area contributed by atoms with Gasteiger partial charge in [-0.25, -0.2) is 13.6 Å². The molecule has 1 amide bonds. The van der Waals surface area contributed by atoms with Gasteiger partial charge in [0.15, 0.2) is 10.6 Å². The molecule has 0 aliphatic carbocycles. The van der Waals surface area contributed by atoms with Crippen LogP contribution >= 0.6 is 23.6 Å². The van der Waals surface area contributed by atoms with Crippen molar-refractivity contribution < 1.29 is 13.2 Å². The smallest absolute Gasteiger partial charge is 0.247 e. The number of amides is 1. The second kappa shape index (κ2) is 7.72. The van der Waals surface area contributed by atoms with Crippen molar-refractivity contribution in [3.63, 3.8) is 0 Å². The summed E-state index contributed by atoms with van der Waals surface area (Å²) in [7, 11) is -3.73. The van der Waals surface area contributed by atoms with Crippen LogP contribution in [0.2, 0.25) is 0 Å². The molecular formula is C16H17N5O3S3. The molecule has 4 N–H and O–H groups in total. The van der Waals surface area contributed by atoms with Gasteiger partial charge in [-0.1, -0.05) is 29.8 Å². The van der Waals surface area contributed by atoms with Crippen LogP contribution in [-0.4, -0.2) is 29.1 Å². The van der Waals surface area contributed by atoms with Crippen LogP contribution in [0.15, 0.2) is 40.6 Å². The maximum Gasteiger partial charge on any atom is 0.247 e. The molecule has 1 aromatic carbocycles. The van der Waals surface area contributed by atoms with Gasteiger partial charge in [0.2, 0.25) is 15.9 Å². The van der Waals surface area contributed by atoms with Gasteiger partial charge < -0.3 is 5.32 Å². The number of H-pyrrole nitrogens is 1. The summed E-state index contributed by atoms with van der Waals surface area (Å²) in [6, 6.07) is 10.8. The number of hydrogen-bond donors (Lipinski definition) is 3. The highest BCUT2D eigenvalue weighted by molar-refractivity contribution is 7.91. The zero-order chi connectivity index (χ0) is 19.6. The minimum absolute atomic E-state index is 0.00797. The summed E-state index contributed by atoms with van der Waals surface area (Å²) in [6.07, 6.45) is 0. The molecule has 0 fully saturated rings. The molecule has 0 aliphatic heterocycles. The average molecular weight is 424 g/mol. The lowest BCUT2D eigenvalue weighted by Crippen LogP contribution is -2.27. The van der Waals surface area contributed by atoms with Crippen LogP contribution in [-0.2, 0) is 27.9 Å². The number of aromatic nitrogens is 3. The van der Waals surface area contributed by atoms with Gasteiger partial charge >= 0.3 is 0 Å². The summed E-state index contributed by atoms with van der Waals surface area (Å²) < 4.78 is 24.6. The molecule has 0 saturated heterocycles. The van der Waals surface area contributed by atoms with Crippen LogP contribution in [0.3, 0.4) is 0 Å². The number of aryl methyl sites for hydroxylation is 1. The Balaban J connectivity index is 1.70. The molecule has 8 nitrogen and oxygen atoms in total. The van der Waals surface area contributed by atoms with Crippen molar-refractivity contribution >= 4 is 39.5 Å². The highest BCUT2D eigenvalue weighted by Crippen LogP contribution is 2.20. The summed E-state index contributed by atoms with van der Waals surface area (Å²) in [6.45, 7) is 2.18. The Morgan fingerprint density at radius 3 is 2.63 bits per heavy atom. The predicted molar refractivity (Wildman–Crippen MR) is 105 cm³/mol. The third kappa shape index (κ3) is 4.69. The molecule has 0 atom stereocenters. The number of benzene rings is 1. The van der Waals surface area contributed by atoms with Gasteiger partial charge in [0.25, 0.3) is 0 Å². The number of nitrogens with two attached hydrogens (primary N) is 1. The van der Waals surface area contributed by atoms with Crippen LogP contribution in [0, 0.1) is 11.7 Å². The minimum atomic E-state index is -3.73. The number of rotatable bonds is 6. The van der Waals surface area contributed by atoms with Crippen LogP contribution in [0.4, 0.5) is 0 Å². The van der Waals surface area contributed by atoms with Crippen molar-refractivity contribution in [1.29, 1.82) is 0 Å². The van der Waals surface area contributed by atoms with Crippen molar-refractivity contribution in [2.24, 2.45) is 5.14 Å². The van der Waals surface area contributed by atoms with E-state index in [4.69, 9.17) is 17.4 Å². The first-order valence-corrected chi connectivity index (χ1v) is 10.6. The molecule has 2 aromatic heterocycles. The van der Waals surface area contributed by atoms with Crippen molar-refractivity contribution in [1.82, 2.24) is 20.1 Å². The van der Waals surface area contributed by atoms with Gasteiger partial charge in [-0.2, -0.15) is 5.10 Å². The summed E-state index contributed by atoms with van der Waals surface area (Å²) in [5.41, 5.74) is 1.96. The maximum absolute atomic E-state index is 12.3. The van der Waals surface area contributed by atoms with E-state index in [-0.39, 0.29) is 23.2 Å². The molecule has 0 unspecified atom stereocenters. The van der Waals surface area contributed by atoms with Gasteiger partial charge in [0.05, 0.1) is 6.54 Å². The number of sulfonamides is 1. The lowest BCUT2D eigenvalue weighted by Gasteiger charge is -2.08. The molecule has 142 valence electrons. The summed E-state index contributed by atoms with van der Waals surface area (Å²) in [5.74, 6) is 0.300. The van der Waals surface area contributed by atoms with Gasteiger partial charge in [-0.05, 0) is 31.3 Å². The molecule has 3 aromatic rings. The Hall–Kier alpha value is -2.34.